The van der Waals surface area contributed by atoms with Crippen molar-refractivity contribution in [1.29, 1.82) is 0 Å². The summed E-state index contributed by atoms with van der Waals surface area (Å²) in [5, 5.41) is 0. The first kappa shape index (κ1) is 29.1. The Morgan fingerprint density at radius 2 is 1.26 bits per heavy atom. The third-order valence-electron chi connectivity index (χ3n) is 6.52. The van der Waals surface area contributed by atoms with Gasteiger partial charge in [-0.15, -0.1) is 0 Å². The second-order valence-corrected chi connectivity index (χ2v) is 11.7. The lowest BCUT2D eigenvalue weighted by atomic mass is 10.0. The number of likely N-dealkylation sites (tertiary alicyclic amines) is 1. The molecule has 1 fully saturated rings. The van der Waals surface area contributed by atoms with E-state index in [1.165, 1.54) is 89.9 Å². The van der Waals surface area contributed by atoms with Crippen molar-refractivity contribution in [2.75, 3.05) is 33.8 Å². The molecule has 1 heterocycles. The molecule has 5 nitrogen and oxygen atoms in total. The molecule has 1 aliphatic heterocycles. The molecule has 0 amide bonds. The highest BCUT2D eigenvalue weighted by Crippen LogP contribution is 2.46. The molecule has 0 bridgehead atoms. The maximum absolute atomic E-state index is 12.2. The highest BCUT2D eigenvalue weighted by atomic mass is 31.2. The van der Waals surface area contributed by atoms with Crippen LogP contribution in [-0.2, 0) is 13.6 Å². The van der Waals surface area contributed by atoms with Gasteiger partial charge in [0.25, 0.3) is 0 Å². The molecule has 1 rings (SSSR count). The van der Waals surface area contributed by atoms with E-state index < -0.39 is 7.82 Å². The Balaban J connectivity index is 1.85. The summed E-state index contributed by atoms with van der Waals surface area (Å²) in [6.07, 6.45) is 22.8. The molecule has 186 valence electrons. The van der Waals surface area contributed by atoms with Crippen molar-refractivity contribution in [3.8, 4) is 0 Å². The van der Waals surface area contributed by atoms with Crippen molar-refractivity contribution in [2.45, 2.75) is 129 Å². The lowest BCUT2D eigenvalue weighted by Gasteiger charge is -2.37. The van der Waals surface area contributed by atoms with Crippen LogP contribution in [-0.4, -0.2) is 49.3 Å². The number of hydrogen-bond acceptors (Lipinski definition) is 3. The zero-order chi connectivity index (χ0) is 22.8. The maximum atomic E-state index is 12.2. The molecule has 0 aromatic heterocycles. The van der Waals surface area contributed by atoms with E-state index in [1.807, 2.05) is 0 Å². The zero-order valence-electron chi connectivity index (χ0n) is 21.0. The molecule has 2 atom stereocenters. The molecular weight excluding hydrogens is 409 g/mol. The van der Waals surface area contributed by atoms with Gasteiger partial charge in [-0.05, 0) is 19.3 Å². The SMILES string of the molecule is CCCCCCCCCCCCCCCCCCOP(=O)(O)OC1CCC[N+](C)(C)C1. The smallest absolute Gasteiger partial charge is 0.326 e. The van der Waals surface area contributed by atoms with E-state index in [0.717, 1.165) is 43.3 Å². The quantitative estimate of drug-likeness (QED) is 0.115. The number of rotatable bonds is 20. The number of quaternary nitrogens is 1. The Morgan fingerprint density at radius 1 is 0.806 bits per heavy atom. The molecule has 0 radical (unpaired) electrons. The Bertz CT molecular complexity index is 472. The molecule has 1 saturated heterocycles. The summed E-state index contributed by atoms with van der Waals surface area (Å²) in [5.41, 5.74) is 0. The van der Waals surface area contributed by atoms with Gasteiger partial charge in [-0.25, -0.2) is 4.57 Å². The van der Waals surface area contributed by atoms with Crippen LogP contribution in [0.15, 0.2) is 0 Å². The van der Waals surface area contributed by atoms with Gasteiger partial charge in [0.1, 0.15) is 12.6 Å². The first-order valence-corrected chi connectivity index (χ1v) is 14.8. The van der Waals surface area contributed by atoms with Crippen LogP contribution in [0.5, 0.6) is 0 Å². The van der Waals surface area contributed by atoms with Crippen molar-refractivity contribution in [1.82, 2.24) is 0 Å². The molecule has 1 aliphatic rings. The van der Waals surface area contributed by atoms with Crippen LogP contribution in [0.1, 0.15) is 122 Å². The summed E-state index contributed by atoms with van der Waals surface area (Å²) in [5.74, 6) is 0. The van der Waals surface area contributed by atoms with E-state index in [0.29, 0.717) is 6.61 Å². The van der Waals surface area contributed by atoms with E-state index >= 15 is 0 Å². The fraction of sp³-hybridized carbons (Fsp3) is 1.00. The van der Waals surface area contributed by atoms with Crippen LogP contribution >= 0.6 is 7.82 Å². The number of piperidine rings is 1. The Kier molecular flexibility index (Phi) is 16.5. The van der Waals surface area contributed by atoms with Crippen molar-refractivity contribution in [3.63, 3.8) is 0 Å². The zero-order valence-corrected chi connectivity index (χ0v) is 21.9. The monoisotopic (exact) mass is 462 g/mol. The van der Waals surface area contributed by atoms with Gasteiger partial charge in [0.15, 0.2) is 0 Å². The number of likely N-dealkylation sites (N-methyl/N-ethyl adjacent to an activating group) is 1. The van der Waals surface area contributed by atoms with Gasteiger partial charge in [-0.1, -0.05) is 103 Å². The molecule has 0 spiro atoms. The molecular formula is C25H53NO4P+. The average molecular weight is 463 g/mol. The predicted molar refractivity (Wildman–Crippen MR) is 131 cm³/mol. The van der Waals surface area contributed by atoms with Crippen LogP contribution < -0.4 is 0 Å². The van der Waals surface area contributed by atoms with Gasteiger partial charge in [0.2, 0.25) is 0 Å². The normalized spacial score (nSPS) is 20.6. The fourth-order valence-electron chi connectivity index (χ4n) is 4.62. The van der Waals surface area contributed by atoms with Crippen LogP contribution in [0.25, 0.3) is 0 Å². The first-order valence-electron chi connectivity index (χ1n) is 13.3. The van der Waals surface area contributed by atoms with Crippen LogP contribution in [0, 0.1) is 0 Å². The summed E-state index contributed by atoms with van der Waals surface area (Å²) in [6, 6.07) is 0. The molecule has 0 aliphatic carbocycles. The number of phosphoric acid groups is 1. The standard InChI is InChI=1S/C25H52NO4P/c1-4-5-6-7-8-9-10-11-12-13-14-15-16-17-18-19-23-29-31(27,28)30-25-21-20-22-26(2,3)24-25/h25H,4-24H2,1-3H3/p+1. The first-order chi connectivity index (χ1) is 14.8. The minimum atomic E-state index is -3.92. The summed E-state index contributed by atoms with van der Waals surface area (Å²) in [4.78, 5) is 9.97. The summed E-state index contributed by atoms with van der Waals surface area (Å²) in [7, 11) is 0.351. The van der Waals surface area contributed by atoms with Crippen LogP contribution in [0.3, 0.4) is 0 Å². The average Bonchev–Trinajstić information content (AvgIpc) is 2.69. The van der Waals surface area contributed by atoms with Crippen LogP contribution in [0.4, 0.5) is 0 Å². The van der Waals surface area contributed by atoms with Crippen molar-refractivity contribution >= 4 is 7.82 Å². The van der Waals surface area contributed by atoms with E-state index in [4.69, 9.17) is 9.05 Å². The lowest BCUT2D eigenvalue weighted by Crippen LogP contribution is -2.50. The molecule has 31 heavy (non-hydrogen) atoms. The van der Waals surface area contributed by atoms with E-state index in [9.17, 15) is 9.46 Å². The number of phosphoric ester groups is 1. The highest BCUT2D eigenvalue weighted by molar-refractivity contribution is 7.47. The predicted octanol–water partition coefficient (Wildman–Crippen LogP) is 7.62. The Hall–Kier alpha value is 0.0700. The highest BCUT2D eigenvalue weighted by Gasteiger charge is 2.34. The largest absolute Gasteiger partial charge is 0.472 e. The van der Waals surface area contributed by atoms with Crippen molar-refractivity contribution < 1.29 is 23.0 Å². The number of hydrogen-bond donors (Lipinski definition) is 1. The van der Waals surface area contributed by atoms with Gasteiger partial charge in [0.05, 0.1) is 27.2 Å². The summed E-state index contributed by atoms with van der Waals surface area (Å²) in [6.45, 7) is 4.46. The van der Waals surface area contributed by atoms with Crippen molar-refractivity contribution in [3.05, 3.63) is 0 Å². The maximum Gasteiger partial charge on any atom is 0.472 e. The second-order valence-electron chi connectivity index (χ2n) is 10.3. The molecule has 2 unspecified atom stereocenters. The Labute approximate surface area is 193 Å². The summed E-state index contributed by atoms with van der Waals surface area (Å²) < 4.78 is 23.6. The topological polar surface area (TPSA) is 55.8 Å². The van der Waals surface area contributed by atoms with Crippen LogP contribution in [0.2, 0.25) is 0 Å². The number of nitrogens with zero attached hydrogens (tertiary/aromatic N) is 1. The molecule has 0 aromatic carbocycles. The van der Waals surface area contributed by atoms with Gasteiger partial charge in [-0.2, -0.15) is 0 Å². The minimum absolute atomic E-state index is 0.176. The third-order valence-corrected chi connectivity index (χ3v) is 7.60. The van der Waals surface area contributed by atoms with Gasteiger partial charge < -0.3 is 9.38 Å². The van der Waals surface area contributed by atoms with E-state index in [1.54, 1.807) is 0 Å². The molecule has 0 aromatic rings. The Morgan fingerprint density at radius 3 is 1.71 bits per heavy atom. The third kappa shape index (κ3) is 17.2. The molecule has 1 N–H and O–H groups in total. The number of unbranched alkanes of at least 4 members (excludes halogenated alkanes) is 15. The van der Waals surface area contributed by atoms with Gasteiger partial charge in [-0.3, -0.25) is 9.05 Å². The lowest BCUT2D eigenvalue weighted by molar-refractivity contribution is -0.898. The van der Waals surface area contributed by atoms with E-state index in [2.05, 4.69) is 21.0 Å². The van der Waals surface area contributed by atoms with Gasteiger partial charge >= 0.3 is 7.82 Å². The minimum Gasteiger partial charge on any atom is -0.326 e. The second kappa shape index (κ2) is 17.5. The fourth-order valence-corrected chi connectivity index (χ4v) is 5.59. The molecule has 0 saturated carbocycles. The molecule has 6 heteroatoms. The van der Waals surface area contributed by atoms with Gasteiger partial charge in [0, 0.05) is 0 Å². The van der Waals surface area contributed by atoms with Crippen molar-refractivity contribution in [2.24, 2.45) is 0 Å². The summed E-state index contributed by atoms with van der Waals surface area (Å²) >= 11 is 0. The van der Waals surface area contributed by atoms with E-state index in [-0.39, 0.29) is 6.10 Å².